The van der Waals surface area contributed by atoms with Gasteiger partial charge in [0.2, 0.25) is 0 Å². The van der Waals surface area contributed by atoms with Crippen LogP contribution in [0.4, 0.5) is 0 Å². The third-order valence-electron chi connectivity index (χ3n) is 2.75. The summed E-state index contributed by atoms with van der Waals surface area (Å²) in [4.78, 5) is 0. The fourth-order valence-electron chi connectivity index (χ4n) is 1.44. The Bertz CT molecular complexity index is 136. The summed E-state index contributed by atoms with van der Waals surface area (Å²) < 4.78 is 11.3. The van der Waals surface area contributed by atoms with Gasteiger partial charge in [-0.25, -0.2) is 0 Å². The monoisotopic (exact) mass is 217 g/mol. The van der Waals surface area contributed by atoms with Crippen molar-refractivity contribution in [3.05, 3.63) is 0 Å². The number of nitrogens with two attached hydrogens (primary N) is 1. The average molecular weight is 217 g/mol. The molecule has 0 aliphatic heterocycles. The maximum atomic E-state index is 5.81. The van der Waals surface area contributed by atoms with Crippen molar-refractivity contribution < 1.29 is 9.47 Å². The van der Waals surface area contributed by atoms with Gasteiger partial charge in [-0.15, -0.1) is 0 Å². The Morgan fingerprint density at radius 2 is 1.73 bits per heavy atom. The molecule has 0 heterocycles. The summed E-state index contributed by atoms with van der Waals surface area (Å²) in [5, 5.41) is 0. The lowest BCUT2D eigenvalue weighted by molar-refractivity contribution is -0.0686. The first-order valence-corrected chi connectivity index (χ1v) is 6.02. The predicted octanol–water partition coefficient (Wildman–Crippen LogP) is 2.19. The summed E-state index contributed by atoms with van der Waals surface area (Å²) in [7, 11) is 0. The van der Waals surface area contributed by atoms with Gasteiger partial charge in [0.25, 0.3) is 0 Å². The van der Waals surface area contributed by atoms with Crippen LogP contribution in [-0.2, 0) is 9.47 Å². The normalized spacial score (nSPS) is 12.4. The summed E-state index contributed by atoms with van der Waals surface area (Å²) in [5.74, 6) is 0.585. The van der Waals surface area contributed by atoms with Crippen LogP contribution >= 0.6 is 0 Å². The summed E-state index contributed by atoms with van der Waals surface area (Å²) in [6, 6.07) is 0. The molecule has 0 rings (SSSR count). The number of ether oxygens (including phenoxy) is 2. The maximum Gasteiger partial charge on any atom is 0.0800 e. The van der Waals surface area contributed by atoms with Gasteiger partial charge in [0.15, 0.2) is 0 Å². The second kappa shape index (κ2) is 8.08. The Morgan fingerprint density at radius 1 is 1.13 bits per heavy atom. The van der Waals surface area contributed by atoms with Gasteiger partial charge in [-0.1, -0.05) is 27.7 Å². The molecule has 3 nitrogen and oxygen atoms in total. The van der Waals surface area contributed by atoms with Crippen LogP contribution in [0.15, 0.2) is 0 Å². The van der Waals surface area contributed by atoms with E-state index in [2.05, 4.69) is 27.7 Å². The molecule has 0 aromatic carbocycles. The van der Waals surface area contributed by atoms with E-state index in [4.69, 9.17) is 15.2 Å². The van der Waals surface area contributed by atoms with E-state index in [9.17, 15) is 0 Å². The lowest BCUT2D eigenvalue weighted by Crippen LogP contribution is -2.40. The van der Waals surface area contributed by atoms with E-state index < -0.39 is 0 Å². The molecular weight excluding hydrogens is 190 g/mol. The topological polar surface area (TPSA) is 44.5 Å². The molecule has 0 radical (unpaired) electrons. The summed E-state index contributed by atoms with van der Waals surface area (Å²) in [6.07, 6.45) is 1.92. The van der Waals surface area contributed by atoms with Crippen molar-refractivity contribution >= 4 is 0 Å². The van der Waals surface area contributed by atoms with Crippen LogP contribution in [0.25, 0.3) is 0 Å². The van der Waals surface area contributed by atoms with Gasteiger partial charge < -0.3 is 15.2 Å². The predicted molar refractivity (Wildman–Crippen MR) is 64.0 cm³/mol. The molecule has 0 amide bonds. The number of hydrogen-bond donors (Lipinski definition) is 1. The molecule has 0 spiro atoms. The summed E-state index contributed by atoms with van der Waals surface area (Å²) >= 11 is 0. The van der Waals surface area contributed by atoms with E-state index in [1.54, 1.807) is 0 Å². The zero-order chi connectivity index (χ0) is 11.7. The molecule has 0 aliphatic carbocycles. The van der Waals surface area contributed by atoms with Crippen molar-refractivity contribution in [2.24, 2.45) is 11.7 Å². The van der Waals surface area contributed by atoms with Crippen molar-refractivity contribution in [2.45, 2.75) is 46.1 Å². The van der Waals surface area contributed by atoms with Gasteiger partial charge in [0.05, 0.1) is 18.8 Å². The second-order valence-corrected chi connectivity index (χ2v) is 4.41. The molecular formula is C12H27NO2. The van der Waals surface area contributed by atoms with Crippen LogP contribution in [-0.4, -0.2) is 32.0 Å². The van der Waals surface area contributed by atoms with Crippen molar-refractivity contribution in [2.75, 3.05) is 26.4 Å². The van der Waals surface area contributed by atoms with Crippen LogP contribution in [0.1, 0.15) is 40.5 Å². The Morgan fingerprint density at radius 3 is 2.13 bits per heavy atom. The van der Waals surface area contributed by atoms with E-state index >= 15 is 0 Å². The Labute approximate surface area is 94.3 Å². The standard InChI is InChI=1S/C12H27NO2/c1-5-12(6-2,10-13)15-8-7-14-9-11(3)4/h11H,5-10,13H2,1-4H3. The molecule has 92 valence electrons. The van der Waals surface area contributed by atoms with Crippen LogP contribution in [0.5, 0.6) is 0 Å². The Kier molecular flexibility index (Phi) is 8.02. The van der Waals surface area contributed by atoms with Crippen molar-refractivity contribution in [1.82, 2.24) is 0 Å². The quantitative estimate of drug-likeness (QED) is 0.602. The highest BCUT2D eigenvalue weighted by molar-refractivity contribution is 4.78. The molecule has 15 heavy (non-hydrogen) atoms. The number of hydrogen-bond acceptors (Lipinski definition) is 3. The lowest BCUT2D eigenvalue weighted by Gasteiger charge is -2.30. The Balaban J connectivity index is 3.63. The first kappa shape index (κ1) is 14.9. The van der Waals surface area contributed by atoms with Gasteiger partial charge in [-0.2, -0.15) is 0 Å². The van der Waals surface area contributed by atoms with E-state index in [0.29, 0.717) is 25.7 Å². The van der Waals surface area contributed by atoms with Gasteiger partial charge in [0, 0.05) is 13.2 Å². The smallest absolute Gasteiger partial charge is 0.0800 e. The third-order valence-corrected chi connectivity index (χ3v) is 2.75. The molecule has 0 aromatic rings. The van der Waals surface area contributed by atoms with E-state index in [0.717, 1.165) is 19.4 Å². The first-order valence-electron chi connectivity index (χ1n) is 6.02. The van der Waals surface area contributed by atoms with E-state index in [1.807, 2.05) is 0 Å². The minimum absolute atomic E-state index is 0.138. The molecule has 0 aliphatic rings. The van der Waals surface area contributed by atoms with Crippen LogP contribution in [0.2, 0.25) is 0 Å². The van der Waals surface area contributed by atoms with Crippen LogP contribution in [0, 0.1) is 5.92 Å². The maximum absolute atomic E-state index is 5.81. The highest BCUT2D eigenvalue weighted by Crippen LogP contribution is 2.18. The zero-order valence-corrected chi connectivity index (χ0v) is 10.7. The third kappa shape index (κ3) is 6.13. The van der Waals surface area contributed by atoms with Crippen LogP contribution in [0.3, 0.4) is 0 Å². The van der Waals surface area contributed by atoms with Gasteiger partial charge in [0.1, 0.15) is 0 Å². The van der Waals surface area contributed by atoms with Crippen molar-refractivity contribution in [3.8, 4) is 0 Å². The van der Waals surface area contributed by atoms with Gasteiger partial charge in [-0.3, -0.25) is 0 Å². The largest absolute Gasteiger partial charge is 0.379 e. The van der Waals surface area contributed by atoms with E-state index in [-0.39, 0.29) is 5.60 Å². The summed E-state index contributed by atoms with van der Waals surface area (Å²) in [6.45, 7) is 11.2. The van der Waals surface area contributed by atoms with Gasteiger partial charge >= 0.3 is 0 Å². The number of rotatable bonds is 9. The minimum Gasteiger partial charge on any atom is -0.379 e. The molecule has 0 unspecified atom stereocenters. The molecule has 3 heteroatoms. The first-order chi connectivity index (χ1) is 7.10. The highest BCUT2D eigenvalue weighted by atomic mass is 16.5. The fraction of sp³-hybridized carbons (Fsp3) is 1.00. The second-order valence-electron chi connectivity index (χ2n) is 4.41. The van der Waals surface area contributed by atoms with Crippen molar-refractivity contribution in [1.29, 1.82) is 0 Å². The molecule has 0 fully saturated rings. The molecule has 2 N–H and O–H groups in total. The molecule has 0 saturated carbocycles. The molecule has 0 saturated heterocycles. The fourth-order valence-corrected chi connectivity index (χ4v) is 1.44. The average Bonchev–Trinajstić information content (AvgIpc) is 2.24. The van der Waals surface area contributed by atoms with Crippen molar-refractivity contribution in [3.63, 3.8) is 0 Å². The lowest BCUT2D eigenvalue weighted by atomic mass is 9.97. The van der Waals surface area contributed by atoms with Gasteiger partial charge in [-0.05, 0) is 18.8 Å². The molecule has 0 bridgehead atoms. The molecule has 0 atom stereocenters. The highest BCUT2D eigenvalue weighted by Gasteiger charge is 2.24. The zero-order valence-electron chi connectivity index (χ0n) is 10.7. The summed E-state index contributed by atoms with van der Waals surface area (Å²) in [5.41, 5.74) is 5.59. The van der Waals surface area contributed by atoms with Crippen LogP contribution < -0.4 is 5.73 Å². The SMILES string of the molecule is CCC(CC)(CN)OCCOCC(C)C. The molecule has 0 aromatic heterocycles. The minimum atomic E-state index is -0.138. The van der Waals surface area contributed by atoms with E-state index in [1.165, 1.54) is 0 Å². The Hall–Kier alpha value is -0.120.